The van der Waals surface area contributed by atoms with Gasteiger partial charge < -0.3 is 10.1 Å². The first kappa shape index (κ1) is 15.5. The molecule has 0 aliphatic carbocycles. The summed E-state index contributed by atoms with van der Waals surface area (Å²) >= 11 is 0. The molecule has 1 aromatic rings. The lowest BCUT2D eigenvalue weighted by Gasteiger charge is -2.13. The van der Waals surface area contributed by atoms with E-state index in [0.717, 1.165) is 25.1 Å². The van der Waals surface area contributed by atoms with E-state index in [-0.39, 0.29) is 0 Å². The van der Waals surface area contributed by atoms with Gasteiger partial charge in [0.25, 0.3) is 5.91 Å². The van der Waals surface area contributed by atoms with Crippen LogP contribution in [0, 0.1) is 11.6 Å². The molecule has 0 bridgehead atoms. The first-order valence-electron chi connectivity index (χ1n) is 5.54. The number of nitrogens with one attached hydrogen (secondary N) is 2. The second-order valence-corrected chi connectivity index (χ2v) is 3.71. The molecular weight excluding hydrogens is 274 g/mol. The van der Waals surface area contributed by atoms with Crippen molar-refractivity contribution in [2.24, 2.45) is 0 Å². The SMILES string of the molecule is CNC(=O)NC(=O)C(C)OC(=O)c1c(F)cccc1F. The predicted molar refractivity (Wildman–Crippen MR) is 63.8 cm³/mol. The van der Waals surface area contributed by atoms with Crippen LogP contribution >= 0.6 is 0 Å². The molecule has 0 saturated carbocycles. The Bertz CT molecular complexity index is 528. The number of esters is 1. The average Bonchev–Trinajstić information content (AvgIpc) is 2.38. The molecule has 0 spiro atoms. The van der Waals surface area contributed by atoms with Crippen molar-refractivity contribution in [2.45, 2.75) is 13.0 Å². The number of hydrogen-bond donors (Lipinski definition) is 2. The Balaban J connectivity index is 2.75. The second kappa shape index (κ2) is 6.60. The summed E-state index contributed by atoms with van der Waals surface area (Å²) in [5.74, 6) is -4.46. The Kier molecular flexibility index (Phi) is 5.13. The summed E-state index contributed by atoms with van der Waals surface area (Å²) < 4.78 is 31.2. The maximum atomic E-state index is 13.3. The van der Waals surface area contributed by atoms with E-state index in [4.69, 9.17) is 0 Å². The number of hydrogen-bond acceptors (Lipinski definition) is 4. The number of ether oxygens (including phenoxy) is 1. The molecule has 0 aliphatic rings. The Morgan fingerprint density at radius 3 is 2.25 bits per heavy atom. The largest absolute Gasteiger partial charge is 0.449 e. The van der Waals surface area contributed by atoms with Gasteiger partial charge in [0.1, 0.15) is 17.2 Å². The minimum Gasteiger partial charge on any atom is -0.449 e. The van der Waals surface area contributed by atoms with Crippen molar-refractivity contribution in [3.63, 3.8) is 0 Å². The molecule has 1 aromatic carbocycles. The summed E-state index contributed by atoms with van der Waals surface area (Å²) in [5, 5.41) is 3.98. The third-order valence-electron chi connectivity index (χ3n) is 2.28. The molecule has 6 nitrogen and oxygen atoms in total. The maximum Gasteiger partial charge on any atom is 0.344 e. The molecule has 0 aromatic heterocycles. The summed E-state index contributed by atoms with van der Waals surface area (Å²) in [5.41, 5.74) is -0.896. The molecule has 1 unspecified atom stereocenters. The van der Waals surface area contributed by atoms with Gasteiger partial charge in [-0.1, -0.05) is 6.07 Å². The van der Waals surface area contributed by atoms with Gasteiger partial charge in [-0.2, -0.15) is 0 Å². The molecule has 0 aliphatic heterocycles. The zero-order valence-corrected chi connectivity index (χ0v) is 10.7. The summed E-state index contributed by atoms with van der Waals surface area (Å²) in [6.07, 6.45) is -1.39. The van der Waals surface area contributed by atoms with E-state index >= 15 is 0 Å². The average molecular weight is 286 g/mol. The normalized spacial score (nSPS) is 11.4. The van der Waals surface area contributed by atoms with Crippen molar-refractivity contribution >= 4 is 17.9 Å². The molecule has 2 N–H and O–H groups in total. The van der Waals surface area contributed by atoms with E-state index < -0.39 is 41.2 Å². The minimum atomic E-state index is -1.39. The number of imide groups is 1. The fourth-order valence-electron chi connectivity index (χ4n) is 1.24. The Hall–Kier alpha value is -2.51. The van der Waals surface area contributed by atoms with E-state index in [0.29, 0.717) is 0 Å². The van der Waals surface area contributed by atoms with Gasteiger partial charge in [0, 0.05) is 7.05 Å². The lowest BCUT2D eigenvalue weighted by molar-refractivity contribution is -0.127. The molecule has 8 heteroatoms. The highest BCUT2D eigenvalue weighted by atomic mass is 19.1. The highest BCUT2D eigenvalue weighted by Crippen LogP contribution is 2.14. The van der Waals surface area contributed by atoms with Gasteiger partial charge in [0.15, 0.2) is 6.10 Å². The van der Waals surface area contributed by atoms with E-state index in [2.05, 4.69) is 10.1 Å². The van der Waals surface area contributed by atoms with Crippen molar-refractivity contribution in [2.75, 3.05) is 7.05 Å². The second-order valence-electron chi connectivity index (χ2n) is 3.71. The van der Waals surface area contributed by atoms with E-state index in [1.165, 1.54) is 7.05 Å². The Morgan fingerprint density at radius 1 is 1.20 bits per heavy atom. The van der Waals surface area contributed by atoms with E-state index in [9.17, 15) is 23.2 Å². The predicted octanol–water partition coefficient (Wildman–Crippen LogP) is 0.966. The van der Waals surface area contributed by atoms with Crippen LogP contribution in [0.2, 0.25) is 0 Å². The minimum absolute atomic E-state index is 0.796. The highest BCUT2D eigenvalue weighted by Gasteiger charge is 2.24. The van der Waals surface area contributed by atoms with Crippen LogP contribution < -0.4 is 10.6 Å². The maximum absolute atomic E-state index is 13.3. The van der Waals surface area contributed by atoms with Crippen LogP contribution in [0.4, 0.5) is 13.6 Å². The van der Waals surface area contributed by atoms with Gasteiger partial charge in [-0.3, -0.25) is 10.1 Å². The van der Waals surface area contributed by atoms with Crippen LogP contribution in [0.1, 0.15) is 17.3 Å². The molecule has 0 heterocycles. The summed E-state index contributed by atoms with van der Waals surface area (Å²) in [7, 11) is 1.29. The van der Waals surface area contributed by atoms with Crippen molar-refractivity contribution in [3.8, 4) is 0 Å². The van der Waals surface area contributed by atoms with Gasteiger partial charge in [0.05, 0.1) is 0 Å². The van der Waals surface area contributed by atoms with Crippen LogP contribution in [0.3, 0.4) is 0 Å². The number of halogens is 2. The molecule has 20 heavy (non-hydrogen) atoms. The number of carbonyl (C=O) groups is 3. The van der Waals surface area contributed by atoms with Crippen LogP contribution in [0.5, 0.6) is 0 Å². The standard InChI is InChI=1S/C12H12F2N2O4/c1-6(10(17)16-12(19)15-2)20-11(18)9-7(13)4-3-5-8(9)14/h3-6H,1-2H3,(H2,15,16,17,19). The topological polar surface area (TPSA) is 84.5 Å². The molecular formula is C12H12F2N2O4. The zero-order valence-electron chi connectivity index (χ0n) is 10.7. The quantitative estimate of drug-likeness (QED) is 0.811. The van der Waals surface area contributed by atoms with Crippen molar-refractivity contribution in [1.29, 1.82) is 0 Å². The van der Waals surface area contributed by atoms with Gasteiger partial charge in [0.2, 0.25) is 0 Å². The van der Waals surface area contributed by atoms with Gasteiger partial charge >= 0.3 is 12.0 Å². The molecule has 0 saturated heterocycles. The molecule has 3 amide bonds. The first-order valence-corrected chi connectivity index (χ1v) is 5.54. The number of urea groups is 1. The first-order chi connectivity index (χ1) is 9.36. The van der Waals surface area contributed by atoms with Crippen molar-refractivity contribution < 1.29 is 27.9 Å². The van der Waals surface area contributed by atoms with Crippen molar-refractivity contribution in [3.05, 3.63) is 35.4 Å². The summed E-state index contributed by atoms with van der Waals surface area (Å²) in [6.45, 7) is 1.16. The van der Waals surface area contributed by atoms with E-state index in [1.54, 1.807) is 0 Å². The number of rotatable bonds is 3. The number of benzene rings is 1. The third kappa shape index (κ3) is 3.74. The molecule has 1 atom stereocenters. The lowest BCUT2D eigenvalue weighted by atomic mass is 10.2. The molecule has 0 radical (unpaired) electrons. The lowest BCUT2D eigenvalue weighted by Crippen LogP contribution is -2.43. The fourth-order valence-corrected chi connectivity index (χ4v) is 1.24. The molecule has 108 valence electrons. The highest BCUT2D eigenvalue weighted by molar-refractivity contribution is 5.98. The molecule has 0 fully saturated rings. The van der Waals surface area contributed by atoms with Crippen LogP contribution in [-0.4, -0.2) is 31.1 Å². The van der Waals surface area contributed by atoms with E-state index in [1.807, 2.05) is 5.32 Å². The zero-order chi connectivity index (χ0) is 15.3. The third-order valence-corrected chi connectivity index (χ3v) is 2.28. The summed E-state index contributed by atoms with van der Waals surface area (Å²) in [4.78, 5) is 33.9. The van der Waals surface area contributed by atoms with Gasteiger partial charge in [-0.05, 0) is 19.1 Å². The number of carbonyl (C=O) groups excluding carboxylic acids is 3. The van der Waals surface area contributed by atoms with Crippen LogP contribution in [-0.2, 0) is 9.53 Å². The fraction of sp³-hybridized carbons (Fsp3) is 0.250. The Labute approximate surface area is 113 Å². The van der Waals surface area contributed by atoms with Crippen LogP contribution in [0.25, 0.3) is 0 Å². The van der Waals surface area contributed by atoms with Crippen LogP contribution in [0.15, 0.2) is 18.2 Å². The monoisotopic (exact) mass is 286 g/mol. The molecule has 1 rings (SSSR count). The Morgan fingerprint density at radius 2 is 1.75 bits per heavy atom. The smallest absolute Gasteiger partial charge is 0.344 e. The van der Waals surface area contributed by atoms with Gasteiger partial charge in [-0.15, -0.1) is 0 Å². The number of amides is 3. The van der Waals surface area contributed by atoms with Crippen molar-refractivity contribution in [1.82, 2.24) is 10.6 Å². The summed E-state index contributed by atoms with van der Waals surface area (Å²) in [6, 6.07) is 2.06. The van der Waals surface area contributed by atoms with Gasteiger partial charge in [-0.25, -0.2) is 18.4 Å².